The standard InChI is InChI=1S/C11H18N4/c1-2-9-7-13-11(14-8-9)15-5-3-4-10(15)6-12/h7-8,10H,2-6,12H2,1H3. The predicted octanol–water partition coefficient (Wildman–Crippen LogP) is 0.966. The van der Waals surface area contributed by atoms with Crippen molar-refractivity contribution in [3.8, 4) is 0 Å². The lowest BCUT2D eigenvalue weighted by Crippen LogP contribution is -2.36. The summed E-state index contributed by atoms with van der Waals surface area (Å²) in [5.41, 5.74) is 6.90. The summed E-state index contributed by atoms with van der Waals surface area (Å²) in [6, 6.07) is 0.428. The third-order valence-electron chi connectivity index (χ3n) is 3.01. The Labute approximate surface area is 90.5 Å². The van der Waals surface area contributed by atoms with Crippen LogP contribution < -0.4 is 10.6 Å². The summed E-state index contributed by atoms with van der Waals surface area (Å²) in [5, 5.41) is 0. The molecular formula is C11H18N4. The average molecular weight is 206 g/mol. The molecule has 0 aliphatic carbocycles. The van der Waals surface area contributed by atoms with Crippen molar-refractivity contribution in [3.05, 3.63) is 18.0 Å². The van der Waals surface area contributed by atoms with Gasteiger partial charge in [-0.05, 0) is 24.8 Å². The van der Waals surface area contributed by atoms with Crippen molar-refractivity contribution >= 4 is 5.95 Å². The molecule has 0 saturated carbocycles. The fraction of sp³-hybridized carbons (Fsp3) is 0.636. The Morgan fingerprint density at radius 3 is 2.80 bits per heavy atom. The molecule has 1 aliphatic rings. The van der Waals surface area contributed by atoms with Crippen LogP contribution in [0.4, 0.5) is 5.95 Å². The molecule has 1 aromatic heterocycles. The summed E-state index contributed by atoms with van der Waals surface area (Å²) in [6.07, 6.45) is 7.17. The van der Waals surface area contributed by atoms with Crippen molar-refractivity contribution in [2.24, 2.45) is 5.73 Å². The zero-order valence-electron chi connectivity index (χ0n) is 9.19. The number of anilines is 1. The van der Waals surface area contributed by atoms with Gasteiger partial charge >= 0.3 is 0 Å². The van der Waals surface area contributed by atoms with E-state index in [1.54, 1.807) is 0 Å². The molecule has 82 valence electrons. The molecule has 4 nitrogen and oxygen atoms in total. The van der Waals surface area contributed by atoms with Crippen LogP contribution in [0, 0.1) is 0 Å². The number of hydrogen-bond donors (Lipinski definition) is 1. The molecule has 0 radical (unpaired) electrons. The molecule has 1 aliphatic heterocycles. The highest BCUT2D eigenvalue weighted by molar-refractivity contribution is 5.33. The first-order valence-electron chi connectivity index (χ1n) is 5.62. The van der Waals surface area contributed by atoms with Crippen molar-refractivity contribution in [1.29, 1.82) is 0 Å². The van der Waals surface area contributed by atoms with E-state index in [0.717, 1.165) is 25.3 Å². The maximum absolute atomic E-state index is 5.72. The normalized spacial score (nSPS) is 20.9. The molecule has 0 spiro atoms. The molecule has 0 aromatic carbocycles. The molecule has 1 unspecified atom stereocenters. The number of nitrogens with two attached hydrogens (primary N) is 1. The van der Waals surface area contributed by atoms with Crippen molar-refractivity contribution in [2.75, 3.05) is 18.0 Å². The van der Waals surface area contributed by atoms with Gasteiger partial charge in [0.25, 0.3) is 0 Å². The summed E-state index contributed by atoms with van der Waals surface area (Å²) >= 11 is 0. The zero-order chi connectivity index (χ0) is 10.7. The maximum Gasteiger partial charge on any atom is 0.225 e. The van der Waals surface area contributed by atoms with Crippen molar-refractivity contribution < 1.29 is 0 Å². The van der Waals surface area contributed by atoms with E-state index in [4.69, 9.17) is 5.73 Å². The van der Waals surface area contributed by atoms with Crippen LogP contribution >= 0.6 is 0 Å². The van der Waals surface area contributed by atoms with Crippen LogP contribution in [0.5, 0.6) is 0 Å². The van der Waals surface area contributed by atoms with Gasteiger partial charge in [0.1, 0.15) is 0 Å². The maximum atomic E-state index is 5.72. The van der Waals surface area contributed by atoms with Crippen LogP contribution in [0.25, 0.3) is 0 Å². The second-order valence-corrected chi connectivity index (χ2v) is 3.97. The zero-order valence-corrected chi connectivity index (χ0v) is 9.19. The monoisotopic (exact) mass is 206 g/mol. The molecule has 0 bridgehead atoms. The lowest BCUT2D eigenvalue weighted by Gasteiger charge is -2.23. The van der Waals surface area contributed by atoms with Gasteiger partial charge in [-0.15, -0.1) is 0 Å². The van der Waals surface area contributed by atoms with Crippen LogP contribution in [0.1, 0.15) is 25.3 Å². The lowest BCUT2D eigenvalue weighted by atomic mass is 10.2. The number of aromatic nitrogens is 2. The minimum atomic E-state index is 0.428. The van der Waals surface area contributed by atoms with Gasteiger partial charge in [0.2, 0.25) is 5.95 Å². The largest absolute Gasteiger partial charge is 0.337 e. The second kappa shape index (κ2) is 4.57. The van der Waals surface area contributed by atoms with Crippen LogP contribution in [0.15, 0.2) is 12.4 Å². The molecule has 2 rings (SSSR count). The Morgan fingerprint density at radius 2 is 2.20 bits per heavy atom. The first-order valence-corrected chi connectivity index (χ1v) is 5.62. The van der Waals surface area contributed by atoms with Crippen LogP contribution in [-0.2, 0) is 6.42 Å². The van der Waals surface area contributed by atoms with Crippen molar-refractivity contribution in [1.82, 2.24) is 9.97 Å². The van der Waals surface area contributed by atoms with E-state index in [9.17, 15) is 0 Å². The number of hydrogen-bond acceptors (Lipinski definition) is 4. The molecule has 1 atom stereocenters. The number of nitrogens with zero attached hydrogens (tertiary/aromatic N) is 3. The van der Waals surface area contributed by atoms with Gasteiger partial charge < -0.3 is 10.6 Å². The smallest absolute Gasteiger partial charge is 0.225 e. The highest BCUT2D eigenvalue weighted by Crippen LogP contribution is 2.21. The summed E-state index contributed by atoms with van der Waals surface area (Å²) < 4.78 is 0. The van der Waals surface area contributed by atoms with Gasteiger partial charge in [-0.3, -0.25) is 0 Å². The molecule has 1 aromatic rings. The van der Waals surface area contributed by atoms with E-state index in [1.165, 1.54) is 12.0 Å². The van der Waals surface area contributed by atoms with E-state index in [0.29, 0.717) is 12.6 Å². The molecule has 4 heteroatoms. The summed E-state index contributed by atoms with van der Waals surface area (Å²) in [6.45, 7) is 3.84. The molecular weight excluding hydrogens is 188 g/mol. The van der Waals surface area contributed by atoms with E-state index in [2.05, 4.69) is 21.8 Å². The number of aryl methyl sites for hydroxylation is 1. The highest BCUT2D eigenvalue weighted by Gasteiger charge is 2.24. The SMILES string of the molecule is CCc1cnc(N2CCCC2CN)nc1. The van der Waals surface area contributed by atoms with Gasteiger partial charge in [-0.25, -0.2) is 9.97 Å². The van der Waals surface area contributed by atoms with Gasteiger partial charge in [0.15, 0.2) is 0 Å². The Kier molecular flexibility index (Phi) is 3.16. The average Bonchev–Trinajstić information content (AvgIpc) is 2.77. The minimum absolute atomic E-state index is 0.428. The third kappa shape index (κ3) is 2.09. The Hall–Kier alpha value is -1.16. The molecule has 0 amide bonds. The highest BCUT2D eigenvalue weighted by atomic mass is 15.3. The van der Waals surface area contributed by atoms with Crippen molar-refractivity contribution in [2.45, 2.75) is 32.2 Å². The first-order chi connectivity index (χ1) is 7.35. The van der Waals surface area contributed by atoms with E-state index >= 15 is 0 Å². The molecule has 2 heterocycles. The summed E-state index contributed by atoms with van der Waals surface area (Å²) in [5.74, 6) is 0.833. The molecule has 2 N–H and O–H groups in total. The van der Waals surface area contributed by atoms with E-state index in [-0.39, 0.29) is 0 Å². The van der Waals surface area contributed by atoms with Gasteiger partial charge in [-0.1, -0.05) is 6.92 Å². The fourth-order valence-electron chi connectivity index (χ4n) is 2.02. The Balaban J connectivity index is 2.14. The summed E-state index contributed by atoms with van der Waals surface area (Å²) in [4.78, 5) is 11.0. The van der Waals surface area contributed by atoms with Gasteiger partial charge in [0, 0.05) is 31.5 Å². The summed E-state index contributed by atoms with van der Waals surface area (Å²) in [7, 11) is 0. The van der Waals surface area contributed by atoms with Crippen LogP contribution in [-0.4, -0.2) is 29.1 Å². The van der Waals surface area contributed by atoms with Gasteiger partial charge in [0.05, 0.1) is 0 Å². The van der Waals surface area contributed by atoms with Crippen molar-refractivity contribution in [3.63, 3.8) is 0 Å². The first kappa shape index (κ1) is 10.4. The predicted molar refractivity (Wildman–Crippen MR) is 60.8 cm³/mol. The number of rotatable bonds is 3. The Bertz CT molecular complexity index is 309. The molecule has 1 saturated heterocycles. The van der Waals surface area contributed by atoms with E-state index in [1.807, 2.05) is 12.4 Å². The lowest BCUT2D eigenvalue weighted by molar-refractivity contribution is 0.663. The van der Waals surface area contributed by atoms with Crippen LogP contribution in [0.3, 0.4) is 0 Å². The third-order valence-corrected chi connectivity index (χ3v) is 3.01. The Morgan fingerprint density at radius 1 is 1.47 bits per heavy atom. The molecule has 15 heavy (non-hydrogen) atoms. The molecule has 1 fully saturated rings. The fourth-order valence-corrected chi connectivity index (χ4v) is 2.02. The van der Waals surface area contributed by atoms with Crippen LogP contribution in [0.2, 0.25) is 0 Å². The second-order valence-electron chi connectivity index (χ2n) is 3.97. The minimum Gasteiger partial charge on any atom is -0.337 e. The van der Waals surface area contributed by atoms with E-state index < -0.39 is 0 Å². The topological polar surface area (TPSA) is 55.0 Å². The van der Waals surface area contributed by atoms with Gasteiger partial charge in [-0.2, -0.15) is 0 Å². The quantitative estimate of drug-likeness (QED) is 0.800.